The van der Waals surface area contributed by atoms with E-state index < -0.39 is 35.3 Å². The Kier molecular flexibility index (Phi) is 10.3. The van der Waals surface area contributed by atoms with Crippen molar-refractivity contribution in [2.24, 2.45) is 0 Å². The van der Waals surface area contributed by atoms with Gasteiger partial charge in [0, 0.05) is 28.9 Å². The zero-order chi connectivity index (χ0) is 32.6. The summed E-state index contributed by atoms with van der Waals surface area (Å²) in [7, 11) is 1.25. The largest absolute Gasteiger partial charge is 0.453 e. The zero-order valence-corrected chi connectivity index (χ0v) is 25.5. The molecule has 0 bridgehead atoms. The third-order valence-corrected chi connectivity index (χ3v) is 6.21. The fourth-order valence-corrected chi connectivity index (χ4v) is 4.15. The first-order chi connectivity index (χ1) is 21.4. The monoisotopic (exact) mass is 635 g/mol. The number of benzene rings is 2. The van der Waals surface area contributed by atoms with Gasteiger partial charge in [0.15, 0.2) is 0 Å². The summed E-state index contributed by atoms with van der Waals surface area (Å²) in [5.41, 5.74) is 1.35. The highest BCUT2D eigenvalue weighted by Crippen LogP contribution is 2.22. The highest BCUT2D eigenvalue weighted by atomic mass is 35.5. The molecule has 2 aromatic heterocycles. The number of anilines is 1. The van der Waals surface area contributed by atoms with E-state index >= 15 is 0 Å². The number of aromatic nitrogens is 6. The maximum Gasteiger partial charge on any atom is 0.411 e. The van der Waals surface area contributed by atoms with E-state index in [1.54, 1.807) is 63.2 Å². The molecule has 45 heavy (non-hydrogen) atoms. The minimum atomic E-state index is -0.899. The van der Waals surface area contributed by atoms with E-state index in [2.05, 4.69) is 46.4 Å². The lowest BCUT2D eigenvalue weighted by Gasteiger charge is -2.22. The molecular formula is C29H30ClN9O6. The molecule has 0 aliphatic heterocycles. The molecule has 4 N–H and O–H groups in total. The molecule has 0 saturated heterocycles. The number of aromatic amines is 1. The number of H-pyrrole nitrogens is 1. The van der Waals surface area contributed by atoms with Gasteiger partial charge in [-0.05, 0) is 79.2 Å². The summed E-state index contributed by atoms with van der Waals surface area (Å²) in [6.45, 7) is 5.04. The van der Waals surface area contributed by atoms with E-state index in [4.69, 9.17) is 16.3 Å². The molecule has 0 aliphatic rings. The molecule has 0 fully saturated rings. The maximum absolute atomic E-state index is 13.2. The number of nitrogens with zero attached hydrogens (tertiary/aromatic N) is 5. The lowest BCUT2D eigenvalue weighted by Crippen LogP contribution is -2.40. The number of hydrogen-bond acceptors (Lipinski definition) is 10. The van der Waals surface area contributed by atoms with Gasteiger partial charge in [-0.2, -0.15) is 9.78 Å². The molecule has 1 unspecified atom stereocenters. The van der Waals surface area contributed by atoms with Crippen molar-refractivity contribution >= 4 is 41.5 Å². The average molecular weight is 636 g/mol. The van der Waals surface area contributed by atoms with Crippen LogP contribution in [0.5, 0.6) is 0 Å². The van der Waals surface area contributed by atoms with Crippen molar-refractivity contribution in [3.8, 4) is 16.8 Å². The van der Waals surface area contributed by atoms with E-state index in [9.17, 15) is 19.2 Å². The molecule has 1 atom stereocenters. The smallest absolute Gasteiger partial charge is 0.411 e. The molecular weight excluding hydrogens is 606 g/mol. The number of carbonyl (C=O) groups excluding carboxylic acids is 3. The summed E-state index contributed by atoms with van der Waals surface area (Å²) in [5, 5.41) is 26.1. The van der Waals surface area contributed by atoms with Crippen molar-refractivity contribution in [3.05, 3.63) is 87.6 Å². The van der Waals surface area contributed by atoms with Crippen molar-refractivity contribution in [1.29, 1.82) is 0 Å². The highest BCUT2D eigenvalue weighted by molar-refractivity contribution is 6.30. The number of ether oxygens (including phenoxy) is 2. The summed E-state index contributed by atoms with van der Waals surface area (Å²) >= 11 is 6.18. The Labute approximate surface area is 262 Å². The summed E-state index contributed by atoms with van der Waals surface area (Å²) in [4.78, 5) is 49.8. The highest BCUT2D eigenvalue weighted by Gasteiger charge is 2.21. The quantitative estimate of drug-likeness (QED) is 0.197. The first-order valence-corrected chi connectivity index (χ1v) is 13.8. The minimum Gasteiger partial charge on any atom is -0.453 e. The molecule has 4 rings (SSSR count). The van der Waals surface area contributed by atoms with Crippen LogP contribution in [0.3, 0.4) is 0 Å². The van der Waals surface area contributed by atoms with Crippen molar-refractivity contribution in [2.75, 3.05) is 19.0 Å². The van der Waals surface area contributed by atoms with E-state index in [1.165, 1.54) is 36.3 Å². The third kappa shape index (κ3) is 9.21. The molecule has 0 aliphatic carbocycles. The second-order valence-electron chi connectivity index (χ2n) is 10.5. The van der Waals surface area contributed by atoms with Crippen LogP contribution < -0.4 is 21.5 Å². The number of halogens is 1. The number of methoxy groups -OCH3 is 1. The van der Waals surface area contributed by atoms with E-state index in [-0.39, 0.29) is 17.8 Å². The van der Waals surface area contributed by atoms with Gasteiger partial charge >= 0.3 is 12.2 Å². The molecule has 2 aromatic carbocycles. The van der Waals surface area contributed by atoms with Crippen LogP contribution >= 0.6 is 11.6 Å². The Morgan fingerprint density at radius 3 is 2.51 bits per heavy atom. The van der Waals surface area contributed by atoms with Gasteiger partial charge in [-0.1, -0.05) is 23.7 Å². The summed E-state index contributed by atoms with van der Waals surface area (Å²) < 4.78 is 11.3. The number of carbonyl (C=O) groups is 3. The molecule has 2 heterocycles. The van der Waals surface area contributed by atoms with Crippen molar-refractivity contribution < 1.29 is 23.9 Å². The van der Waals surface area contributed by atoms with Crippen LogP contribution in [0.4, 0.5) is 15.3 Å². The number of alkyl carbamates (subject to hydrolysis) is 1. The summed E-state index contributed by atoms with van der Waals surface area (Å²) in [6, 6.07) is 12.1. The van der Waals surface area contributed by atoms with Crippen LogP contribution in [0.15, 0.2) is 65.7 Å². The number of nitrogens with one attached hydrogen (secondary N) is 4. The average Bonchev–Trinajstić information content (AvgIpc) is 3.53. The van der Waals surface area contributed by atoms with Crippen LogP contribution in [0.25, 0.3) is 22.9 Å². The molecule has 234 valence electrons. The van der Waals surface area contributed by atoms with Crippen molar-refractivity contribution in [1.82, 2.24) is 41.0 Å². The van der Waals surface area contributed by atoms with E-state index in [1.807, 2.05) is 0 Å². The van der Waals surface area contributed by atoms with Gasteiger partial charge in [-0.3, -0.25) is 14.9 Å². The Balaban J connectivity index is 1.60. The molecule has 0 radical (unpaired) electrons. The number of amides is 3. The van der Waals surface area contributed by atoms with Crippen LogP contribution in [0.1, 0.15) is 38.1 Å². The third-order valence-electron chi connectivity index (χ3n) is 5.97. The zero-order valence-electron chi connectivity index (χ0n) is 24.7. The van der Waals surface area contributed by atoms with E-state index in [0.29, 0.717) is 27.5 Å². The number of hydrogen-bond donors (Lipinski definition) is 4. The van der Waals surface area contributed by atoms with Gasteiger partial charge in [0.25, 0.3) is 5.56 Å². The topological polar surface area (TPSA) is 195 Å². The molecule has 0 saturated carbocycles. The van der Waals surface area contributed by atoms with E-state index in [0.717, 1.165) is 0 Å². The maximum atomic E-state index is 13.2. The van der Waals surface area contributed by atoms with Gasteiger partial charge in [-0.25, -0.2) is 14.7 Å². The first kappa shape index (κ1) is 32.3. The second kappa shape index (κ2) is 14.3. The van der Waals surface area contributed by atoms with Gasteiger partial charge in [0.2, 0.25) is 5.91 Å². The SMILES string of the molecule is COC(=O)Nc1ccc(-c2cc(C(CNC(=O)OC(C)(C)C)NC(=O)C=Cc3cc(Cl)ccc3-n3cnnn3)n[nH]c2=O)cc1. The summed E-state index contributed by atoms with van der Waals surface area (Å²) in [6.07, 6.45) is 2.87. The lowest BCUT2D eigenvalue weighted by atomic mass is 10.0. The second-order valence-corrected chi connectivity index (χ2v) is 10.9. The van der Waals surface area contributed by atoms with Crippen LogP contribution in [-0.4, -0.2) is 67.8 Å². The molecule has 0 spiro atoms. The molecule has 3 amide bonds. The Morgan fingerprint density at radius 2 is 1.84 bits per heavy atom. The lowest BCUT2D eigenvalue weighted by molar-refractivity contribution is -0.117. The van der Waals surface area contributed by atoms with Crippen LogP contribution in [-0.2, 0) is 14.3 Å². The fraction of sp³-hybridized carbons (Fsp3) is 0.241. The van der Waals surface area contributed by atoms with Gasteiger partial charge in [-0.15, -0.1) is 5.10 Å². The Morgan fingerprint density at radius 1 is 1.09 bits per heavy atom. The van der Waals surface area contributed by atoms with Crippen molar-refractivity contribution in [3.63, 3.8) is 0 Å². The fourth-order valence-electron chi connectivity index (χ4n) is 3.97. The molecule has 15 nitrogen and oxygen atoms in total. The molecule has 4 aromatic rings. The number of rotatable bonds is 9. The predicted molar refractivity (Wildman–Crippen MR) is 165 cm³/mol. The normalized spacial score (nSPS) is 11.9. The predicted octanol–water partition coefficient (Wildman–Crippen LogP) is 3.64. The van der Waals surface area contributed by atoms with Crippen LogP contribution in [0, 0.1) is 0 Å². The standard InChI is InChI=1S/C29H30ClN9O6/c1-29(2,3)45-27(42)31-15-23(34-25(40)12-7-18-13-19(30)8-11-24(18)39-16-32-37-38-39)22-14-21(26(41)36-35-22)17-5-9-20(10-6-17)33-28(43)44-4/h5-14,16,23H,15H2,1-4H3,(H,31,42)(H,33,43)(H,34,40)(H,36,41). The van der Waals surface area contributed by atoms with Gasteiger partial charge in [0.05, 0.1) is 30.1 Å². The number of tetrazole rings is 1. The first-order valence-electron chi connectivity index (χ1n) is 13.4. The van der Waals surface area contributed by atoms with Gasteiger partial charge in [0.1, 0.15) is 11.9 Å². The van der Waals surface area contributed by atoms with Crippen molar-refractivity contribution in [2.45, 2.75) is 32.4 Å². The van der Waals surface area contributed by atoms with Gasteiger partial charge < -0.3 is 20.1 Å². The summed E-state index contributed by atoms with van der Waals surface area (Å²) in [5.74, 6) is -0.540. The van der Waals surface area contributed by atoms with Crippen LogP contribution in [0.2, 0.25) is 5.02 Å². The molecule has 16 heteroatoms. The Hall–Kier alpha value is -5.57. The Bertz CT molecular complexity index is 1750. The minimum absolute atomic E-state index is 0.123.